The molecule has 8 heavy (non-hydrogen) atoms. The van der Waals surface area contributed by atoms with Gasteiger partial charge in [0.05, 0.1) is 5.37 Å². The maximum Gasteiger partial charge on any atom is 0.121 e. The average molecular weight is 151 g/mol. The molecule has 0 amide bonds. The Morgan fingerprint density at radius 1 is 1.88 bits per heavy atom. The minimum absolute atomic E-state index is 0.151. The second kappa shape index (κ2) is 2.96. The summed E-state index contributed by atoms with van der Waals surface area (Å²) in [6.45, 7) is 0.993. The van der Waals surface area contributed by atoms with Crippen molar-refractivity contribution in [2.75, 3.05) is 12.3 Å². The Bertz CT molecular complexity index is 72.4. The van der Waals surface area contributed by atoms with Crippen LogP contribution < -0.4 is 5.32 Å². The molecule has 1 heterocycles. The molecule has 1 fully saturated rings. The van der Waals surface area contributed by atoms with E-state index in [1.807, 2.05) is 0 Å². The number of thioether (sulfide) groups is 1. The summed E-state index contributed by atoms with van der Waals surface area (Å²) >= 11 is 5.58. The number of aliphatic hydroxyl groups excluding tert-OH is 1. The van der Waals surface area contributed by atoms with Gasteiger partial charge in [-0.05, 0) is 0 Å². The summed E-state index contributed by atoms with van der Waals surface area (Å²) in [6, 6.07) is 0. The van der Waals surface area contributed by atoms with E-state index in [9.17, 15) is 0 Å². The zero-order valence-corrected chi connectivity index (χ0v) is 6.08. The highest BCUT2D eigenvalue weighted by Crippen LogP contribution is 2.18. The topological polar surface area (TPSA) is 32.3 Å². The van der Waals surface area contributed by atoms with Crippen molar-refractivity contribution in [2.24, 2.45) is 0 Å². The van der Waals surface area contributed by atoms with Crippen LogP contribution >= 0.6 is 24.4 Å². The SMILES string of the molecule is OC(S)C1NCCS1. The Hall–Kier alpha value is 0.620. The van der Waals surface area contributed by atoms with Crippen LogP contribution in [-0.4, -0.2) is 28.2 Å². The Morgan fingerprint density at radius 3 is 2.88 bits per heavy atom. The van der Waals surface area contributed by atoms with Gasteiger partial charge >= 0.3 is 0 Å². The van der Waals surface area contributed by atoms with E-state index < -0.39 is 5.44 Å². The van der Waals surface area contributed by atoms with Crippen LogP contribution in [0.3, 0.4) is 0 Å². The molecule has 0 saturated carbocycles. The summed E-state index contributed by atoms with van der Waals surface area (Å²) in [7, 11) is 0. The minimum atomic E-state index is -0.512. The molecule has 0 radical (unpaired) electrons. The van der Waals surface area contributed by atoms with E-state index in [-0.39, 0.29) is 5.37 Å². The summed E-state index contributed by atoms with van der Waals surface area (Å²) in [4.78, 5) is 0. The molecule has 0 aliphatic carbocycles. The molecule has 2 nitrogen and oxygen atoms in total. The summed E-state index contributed by atoms with van der Waals surface area (Å²) in [5.74, 6) is 1.09. The van der Waals surface area contributed by atoms with Gasteiger partial charge in [0.25, 0.3) is 0 Å². The van der Waals surface area contributed by atoms with Crippen LogP contribution in [0.4, 0.5) is 0 Å². The van der Waals surface area contributed by atoms with Crippen LogP contribution in [0.25, 0.3) is 0 Å². The molecule has 48 valence electrons. The van der Waals surface area contributed by atoms with Crippen LogP contribution in [0.1, 0.15) is 0 Å². The van der Waals surface area contributed by atoms with Crippen molar-refractivity contribution < 1.29 is 5.11 Å². The highest BCUT2D eigenvalue weighted by Gasteiger charge is 2.19. The molecule has 0 bridgehead atoms. The standard InChI is InChI=1S/C4H9NOS2/c6-4(7)3-5-1-2-8-3/h3-7H,1-2H2. The zero-order valence-electron chi connectivity index (χ0n) is 4.37. The van der Waals surface area contributed by atoms with Gasteiger partial charge in [-0.15, -0.1) is 24.4 Å². The van der Waals surface area contributed by atoms with Crippen LogP contribution in [0.15, 0.2) is 0 Å². The van der Waals surface area contributed by atoms with Crippen molar-refractivity contribution in [3.8, 4) is 0 Å². The highest BCUT2D eigenvalue weighted by atomic mass is 32.2. The van der Waals surface area contributed by atoms with Crippen LogP contribution in [0.5, 0.6) is 0 Å². The minimum Gasteiger partial charge on any atom is -0.380 e. The van der Waals surface area contributed by atoms with Crippen molar-refractivity contribution in [1.29, 1.82) is 0 Å². The van der Waals surface area contributed by atoms with Crippen molar-refractivity contribution >= 4 is 24.4 Å². The first-order valence-electron chi connectivity index (χ1n) is 2.52. The molecule has 1 aliphatic rings. The summed E-state index contributed by atoms with van der Waals surface area (Å²) < 4.78 is 0. The van der Waals surface area contributed by atoms with Gasteiger partial charge in [-0.3, -0.25) is 0 Å². The normalized spacial score (nSPS) is 33.0. The molecular weight excluding hydrogens is 142 g/mol. The van der Waals surface area contributed by atoms with Gasteiger partial charge in [0.15, 0.2) is 0 Å². The molecule has 2 N–H and O–H groups in total. The molecule has 2 atom stereocenters. The first-order chi connectivity index (χ1) is 3.80. The fourth-order valence-corrected chi connectivity index (χ4v) is 1.90. The van der Waals surface area contributed by atoms with E-state index in [0.717, 1.165) is 12.3 Å². The predicted molar refractivity (Wildman–Crippen MR) is 39.2 cm³/mol. The van der Waals surface area contributed by atoms with Gasteiger partial charge in [-0.25, -0.2) is 0 Å². The van der Waals surface area contributed by atoms with E-state index in [2.05, 4.69) is 17.9 Å². The zero-order chi connectivity index (χ0) is 5.98. The van der Waals surface area contributed by atoms with Gasteiger partial charge in [0.2, 0.25) is 0 Å². The first-order valence-corrected chi connectivity index (χ1v) is 4.08. The quantitative estimate of drug-likeness (QED) is 0.361. The molecule has 4 heteroatoms. The Kier molecular flexibility index (Phi) is 2.49. The largest absolute Gasteiger partial charge is 0.380 e. The molecule has 0 aromatic rings. The third-order valence-electron chi connectivity index (χ3n) is 1.02. The number of hydrogen-bond donors (Lipinski definition) is 3. The van der Waals surface area contributed by atoms with Crippen molar-refractivity contribution in [3.05, 3.63) is 0 Å². The smallest absolute Gasteiger partial charge is 0.121 e. The fourth-order valence-electron chi connectivity index (χ4n) is 0.637. The third-order valence-corrected chi connectivity index (χ3v) is 2.74. The van der Waals surface area contributed by atoms with E-state index >= 15 is 0 Å². The number of hydrogen-bond acceptors (Lipinski definition) is 4. The number of thiol groups is 1. The molecule has 0 aromatic carbocycles. The Morgan fingerprint density at radius 2 is 2.62 bits per heavy atom. The van der Waals surface area contributed by atoms with E-state index in [1.165, 1.54) is 0 Å². The van der Waals surface area contributed by atoms with Crippen molar-refractivity contribution in [1.82, 2.24) is 5.32 Å². The Labute approximate surface area is 58.5 Å². The first kappa shape index (κ1) is 6.74. The van der Waals surface area contributed by atoms with Gasteiger partial charge in [-0.2, -0.15) is 0 Å². The lowest BCUT2D eigenvalue weighted by atomic mass is 10.6. The second-order valence-electron chi connectivity index (χ2n) is 1.66. The molecule has 2 unspecified atom stereocenters. The van der Waals surface area contributed by atoms with Crippen molar-refractivity contribution in [3.63, 3.8) is 0 Å². The third kappa shape index (κ3) is 1.55. The number of aliphatic hydroxyl groups is 1. The molecule has 1 aliphatic heterocycles. The lowest BCUT2D eigenvalue weighted by molar-refractivity contribution is 0.252. The Balaban J connectivity index is 2.24. The maximum absolute atomic E-state index is 8.83. The summed E-state index contributed by atoms with van der Waals surface area (Å²) in [6.07, 6.45) is 0. The van der Waals surface area contributed by atoms with E-state index in [4.69, 9.17) is 5.11 Å². The average Bonchev–Trinajstić information content (AvgIpc) is 2.12. The van der Waals surface area contributed by atoms with E-state index in [1.54, 1.807) is 11.8 Å². The van der Waals surface area contributed by atoms with Gasteiger partial charge < -0.3 is 10.4 Å². The molecule has 1 rings (SSSR count). The number of rotatable bonds is 1. The van der Waals surface area contributed by atoms with Crippen LogP contribution in [-0.2, 0) is 0 Å². The monoisotopic (exact) mass is 151 g/mol. The van der Waals surface area contributed by atoms with Crippen molar-refractivity contribution in [2.45, 2.75) is 10.8 Å². The molecule has 0 spiro atoms. The van der Waals surface area contributed by atoms with Gasteiger partial charge in [0, 0.05) is 12.3 Å². The number of nitrogens with one attached hydrogen (secondary N) is 1. The van der Waals surface area contributed by atoms with Gasteiger partial charge in [0.1, 0.15) is 5.44 Å². The lowest BCUT2D eigenvalue weighted by Crippen LogP contribution is -2.28. The van der Waals surface area contributed by atoms with E-state index in [0.29, 0.717) is 0 Å². The molecule has 1 saturated heterocycles. The molecule has 0 aromatic heterocycles. The highest BCUT2D eigenvalue weighted by molar-refractivity contribution is 8.00. The predicted octanol–water partition coefficient (Wildman–Crippen LogP) is -0.103. The molecular formula is C4H9NOS2. The van der Waals surface area contributed by atoms with Crippen LogP contribution in [0.2, 0.25) is 0 Å². The fraction of sp³-hybridized carbons (Fsp3) is 1.00. The second-order valence-corrected chi connectivity index (χ2v) is 3.44. The lowest BCUT2D eigenvalue weighted by Gasteiger charge is -2.09. The van der Waals surface area contributed by atoms with Crippen LogP contribution in [0, 0.1) is 0 Å². The van der Waals surface area contributed by atoms with Gasteiger partial charge in [-0.1, -0.05) is 0 Å². The summed E-state index contributed by atoms with van der Waals surface area (Å²) in [5.41, 5.74) is -0.512. The maximum atomic E-state index is 8.83. The summed E-state index contributed by atoms with van der Waals surface area (Å²) in [5, 5.41) is 12.1.